The van der Waals surface area contributed by atoms with E-state index in [9.17, 15) is 9.59 Å². The van der Waals surface area contributed by atoms with Crippen LogP contribution in [0.4, 0.5) is 0 Å². The van der Waals surface area contributed by atoms with Crippen LogP contribution >= 0.6 is 11.5 Å². The van der Waals surface area contributed by atoms with Gasteiger partial charge in [-0.3, -0.25) is 9.59 Å². The molecule has 1 aliphatic carbocycles. The first kappa shape index (κ1) is 19.1. The zero-order chi connectivity index (χ0) is 19.9. The number of carbonyl (C=O) groups is 2. The molecule has 2 fully saturated rings. The minimum atomic E-state index is -0.352. The van der Waals surface area contributed by atoms with E-state index in [2.05, 4.69) is 41.7 Å². The Labute approximate surface area is 170 Å². The predicted octanol–water partition coefficient (Wildman–Crippen LogP) is 3.52. The van der Waals surface area contributed by atoms with Gasteiger partial charge in [0.05, 0.1) is 5.41 Å². The third-order valence-electron chi connectivity index (χ3n) is 5.84. The first-order chi connectivity index (χ1) is 13.4. The van der Waals surface area contributed by atoms with E-state index in [0.29, 0.717) is 12.2 Å². The van der Waals surface area contributed by atoms with Crippen molar-refractivity contribution in [2.45, 2.75) is 57.9 Å². The van der Waals surface area contributed by atoms with Crippen molar-refractivity contribution in [3.8, 4) is 0 Å². The summed E-state index contributed by atoms with van der Waals surface area (Å²) in [6.45, 7) is 7.47. The van der Waals surface area contributed by atoms with Crippen LogP contribution in [0.2, 0.25) is 0 Å². The summed E-state index contributed by atoms with van der Waals surface area (Å²) in [6, 6.07) is 8.27. The standard InChI is InChI=1S/C22H27N3O2S/c1-14-9-15(2)11-17(10-14)22(6-7-22)21(27)25-8-4-5-18(13-25)23-20(26)19-12-16(3)28-24-19/h9-12,18H,4-8,13H2,1-3H3,(H,23,26)/t18-/m0/s1. The van der Waals surface area contributed by atoms with Gasteiger partial charge in [-0.2, -0.15) is 4.37 Å². The number of hydrogen-bond acceptors (Lipinski definition) is 4. The number of aromatic nitrogens is 1. The first-order valence-corrected chi connectivity index (χ1v) is 10.8. The van der Waals surface area contributed by atoms with Gasteiger partial charge in [0.15, 0.2) is 0 Å². The highest BCUT2D eigenvalue weighted by molar-refractivity contribution is 7.05. The smallest absolute Gasteiger partial charge is 0.271 e. The number of nitrogens with one attached hydrogen (secondary N) is 1. The number of hydrogen-bond donors (Lipinski definition) is 1. The van der Waals surface area contributed by atoms with Crippen LogP contribution in [0.15, 0.2) is 24.3 Å². The molecule has 0 unspecified atom stereocenters. The molecule has 2 heterocycles. The maximum Gasteiger partial charge on any atom is 0.271 e. The van der Waals surface area contributed by atoms with E-state index >= 15 is 0 Å². The van der Waals surface area contributed by atoms with E-state index in [0.717, 1.165) is 42.7 Å². The largest absolute Gasteiger partial charge is 0.346 e. The molecule has 0 radical (unpaired) electrons. The fourth-order valence-corrected chi connectivity index (χ4v) is 4.86. The van der Waals surface area contributed by atoms with E-state index in [-0.39, 0.29) is 23.3 Å². The van der Waals surface area contributed by atoms with Crippen molar-refractivity contribution in [2.75, 3.05) is 13.1 Å². The molecule has 1 saturated carbocycles. The average molecular weight is 398 g/mol. The molecule has 2 aromatic rings. The van der Waals surface area contributed by atoms with Gasteiger partial charge in [-0.1, -0.05) is 29.3 Å². The molecule has 4 rings (SSSR count). The second-order valence-corrected chi connectivity index (χ2v) is 9.35. The van der Waals surface area contributed by atoms with Crippen LogP contribution in [0, 0.1) is 20.8 Å². The lowest BCUT2D eigenvalue weighted by molar-refractivity contribution is -0.135. The van der Waals surface area contributed by atoms with E-state index in [1.165, 1.54) is 22.7 Å². The highest BCUT2D eigenvalue weighted by Crippen LogP contribution is 2.50. The topological polar surface area (TPSA) is 62.3 Å². The molecule has 28 heavy (non-hydrogen) atoms. The highest BCUT2D eigenvalue weighted by Gasteiger charge is 2.53. The third-order valence-corrected chi connectivity index (χ3v) is 6.53. The second-order valence-electron chi connectivity index (χ2n) is 8.35. The molecule has 0 bridgehead atoms. The Morgan fingerprint density at radius 2 is 1.86 bits per heavy atom. The van der Waals surface area contributed by atoms with Crippen molar-refractivity contribution in [2.24, 2.45) is 0 Å². The van der Waals surface area contributed by atoms with E-state index in [4.69, 9.17) is 0 Å². The van der Waals surface area contributed by atoms with Crippen molar-refractivity contribution in [1.82, 2.24) is 14.6 Å². The Kier molecular flexibility index (Phi) is 5.00. The number of nitrogens with zero attached hydrogens (tertiary/aromatic N) is 2. The van der Waals surface area contributed by atoms with Crippen molar-refractivity contribution in [1.29, 1.82) is 0 Å². The van der Waals surface area contributed by atoms with Gasteiger partial charge in [-0.25, -0.2) is 0 Å². The quantitative estimate of drug-likeness (QED) is 0.859. The summed E-state index contributed by atoms with van der Waals surface area (Å²) in [5.41, 5.74) is 3.68. The average Bonchev–Trinajstić information content (AvgIpc) is 3.35. The van der Waals surface area contributed by atoms with Gasteiger partial charge in [0.25, 0.3) is 5.91 Å². The SMILES string of the molecule is Cc1cc(C)cc(C2(C(=O)N3CCC[C@H](NC(=O)c4cc(C)sn4)C3)CC2)c1. The zero-order valence-corrected chi connectivity index (χ0v) is 17.6. The Morgan fingerprint density at radius 3 is 2.46 bits per heavy atom. The van der Waals surface area contributed by atoms with Crippen molar-refractivity contribution >= 4 is 23.3 Å². The van der Waals surface area contributed by atoms with Crippen LogP contribution < -0.4 is 5.32 Å². The summed E-state index contributed by atoms with van der Waals surface area (Å²) in [7, 11) is 0. The Balaban J connectivity index is 1.45. The van der Waals surface area contributed by atoms with Crippen LogP contribution in [0.1, 0.15) is 57.7 Å². The molecule has 1 N–H and O–H groups in total. The number of aryl methyl sites for hydroxylation is 3. The van der Waals surface area contributed by atoms with Gasteiger partial charge in [0.2, 0.25) is 5.91 Å². The van der Waals surface area contributed by atoms with Gasteiger partial charge in [0.1, 0.15) is 5.69 Å². The second kappa shape index (κ2) is 7.32. The zero-order valence-electron chi connectivity index (χ0n) is 16.7. The summed E-state index contributed by atoms with van der Waals surface area (Å²) >= 11 is 1.34. The summed E-state index contributed by atoms with van der Waals surface area (Å²) in [5, 5.41) is 3.07. The number of amides is 2. The van der Waals surface area contributed by atoms with Crippen LogP contribution in [0.25, 0.3) is 0 Å². The molecule has 2 amide bonds. The molecule has 2 aliphatic rings. The molecule has 148 valence electrons. The molecular formula is C22H27N3O2S. The lowest BCUT2D eigenvalue weighted by atomic mass is 9.90. The molecule has 0 spiro atoms. The van der Waals surface area contributed by atoms with Crippen LogP contribution in [0.3, 0.4) is 0 Å². The minimum Gasteiger partial charge on any atom is -0.346 e. The van der Waals surface area contributed by atoms with E-state index in [1.54, 1.807) is 0 Å². The number of rotatable bonds is 4. The normalized spacial score (nSPS) is 20.7. The lowest BCUT2D eigenvalue weighted by Gasteiger charge is -2.35. The van der Waals surface area contributed by atoms with Gasteiger partial charge in [-0.05, 0) is 69.6 Å². The molecule has 1 saturated heterocycles. The lowest BCUT2D eigenvalue weighted by Crippen LogP contribution is -2.52. The number of carbonyl (C=O) groups excluding carboxylic acids is 2. The Bertz CT molecular complexity index is 896. The maximum atomic E-state index is 13.4. The molecule has 5 nitrogen and oxygen atoms in total. The van der Waals surface area contributed by atoms with Crippen LogP contribution in [-0.4, -0.2) is 40.2 Å². The number of piperidine rings is 1. The van der Waals surface area contributed by atoms with Gasteiger partial charge < -0.3 is 10.2 Å². The van der Waals surface area contributed by atoms with E-state index < -0.39 is 0 Å². The molecule has 1 aromatic carbocycles. The Hall–Kier alpha value is -2.21. The van der Waals surface area contributed by atoms with Crippen LogP contribution in [0.5, 0.6) is 0 Å². The first-order valence-electron chi connectivity index (χ1n) is 10.00. The minimum absolute atomic E-state index is 0.0118. The molecule has 6 heteroatoms. The van der Waals surface area contributed by atoms with Crippen molar-refractivity contribution in [3.63, 3.8) is 0 Å². The van der Waals surface area contributed by atoms with Crippen LogP contribution in [-0.2, 0) is 10.2 Å². The summed E-state index contributed by atoms with van der Waals surface area (Å²) < 4.78 is 4.19. The van der Waals surface area contributed by atoms with Gasteiger partial charge in [-0.15, -0.1) is 0 Å². The summed E-state index contributed by atoms with van der Waals surface area (Å²) in [6.07, 6.45) is 3.64. The molecular weight excluding hydrogens is 370 g/mol. The maximum absolute atomic E-state index is 13.4. The third kappa shape index (κ3) is 3.70. The number of benzene rings is 1. The Morgan fingerprint density at radius 1 is 1.14 bits per heavy atom. The molecule has 1 aliphatic heterocycles. The summed E-state index contributed by atoms with van der Waals surface area (Å²) in [4.78, 5) is 28.8. The van der Waals surface area contributed by atoms with Gasteiger partial charge in [0, 0.05) is 24.0 Å². The highest BCUT2D eigenvalue weighted by atomic mass is 32.1. The van der Waals surface area contributed by atoms with Crippen molar-refractivity contribution in [3.05, 3.63) is 51.5 Å². The molecule has 1 aromatic heterocycles. The fourth-order valence-electron chi connectivity index (χ4n) is 4.32. The fraction of sp³-hybridized carbons (Fsp3) is 0.500. The van der Waals surface area contributed by atoms with E-state index in [1.807, 2.05) is 17.9 Å². The monoisotopic (exact) mass is 397 g/mol. The summed E-state index contributed by atoms with van der Waals surface area (Å²) in [5.74, 6) is 0.0834. The molecule has 1 atom stereocenters. The number of likely N-dealkylation sites (tertiary alicyclic amines) is 1. The predicted molar refractivity (Wildman–Crippen MR) is 111 cm³/mol. The van der Waals surface area contributed by atoms with Crippen molar-refractivity contribution < 1.29 is 9.59 Å². The van der Waals surface area contributed by atoms with Gasteiger partial charge >= 0.3 is 0 Å².